The lowest BCUT2D eigenvalue weighted by atomic mass is 9.99. The van der Waals surface area contributed by atoms with Gasteiger partial charge in [-0.15, -0.1) is 0 Å². The molecule has 0 aromatic carbocycles. The molecule has 1 saturated carbocycles. The summed E-state index contributed by atoms with van der Waals surface area (Å²) in [7, 11) is 0. The molecular formula is C17H35NO2. The molecule has 0 bridgehead atoms. The standard InChI is InChI=1S/C17H35NO2/c1-3-5-6-7-8-9-12-15-18-16(19)20-17(4-2)13-10-11-14-17/h16,18-19H,3-15H2,1-2H3/t16-/m1/s1. The molecule has 1 atom stereocenters. The van der Waals surface area contributed by atoms with Crippen molar-refractivity contribution in [3.63, 3.8) is 0 Å². The maximum atomic E-state index is 9.95. The Morgan fingerprint density at radius 2 is 1.60 bits per heavy atom. The summed E-state index contributed by atoms with van der Waals surface area (Å²) >= 11 is 0. The van der Waals surface area contributed by atoms with E-state index in [2.05, 4.69) is 19.2 Å². The first-order valence-corrected chi connectivity index (χ1v) is 8.82. The monoisotopic (exact) mass is 285 g/mol. The Morgan fingerprint density at radius 1 is 1.00 bits per heavy atom. The Balaban J connectivity index is 1.98. The van der Waals surface area contributed by atoms with Crippen LogP contribution in [0.1, 0.15) is 90.9 Å². The minimum atomic E-state index is -0.784. The van der Waals surface area contributed by atoms with Gasteiger partial charge in [-0.2, -0.15) is 0 Å². The van der Waals surface area contributed by atoms with Crippen LogP contribution in [0.15, 0.2) is 0 Å². The van der Waals surface area contributed by atoms with Crippen LogP contribution in [0.25, 0.3) is 0 Å². The van der Waals surface area contributed by atoms with Crippen LogP contribution in [0.5, 0.6) is 0 Å². The molecule has 0 unspecified atom stereocenters. The molecule has 0 saturated heterocycles. The number of rotatable bonds is 12. The number of aliphatic hydroxyl groups excluding tert-OH is 1. The van der Waals surface area contributed by atoms with Gasteiger partial charge in [0.1, 0.15) is 0 Å². The molecule has 120 valence electrons. The van der Waals surface area contributed by atoms with Crippen LogP contribution in [0.2, 0.25) is 0 Å². The van der Waals surface area contributed by atoms with E-state index in [0.29, 0.717) is 0 Å². The third kappa shape index (κ3) is 7.05. The molecule has 20 heavy (non-hydrogen) atoms. The van der Waals surface area contributed by atoms with Crippen LogP contribution in [0, 0.1) is 0 Å². The molecule has 0 aliphatic heterocycles. The molecule has 0 spiro atoms. The van der Waals surface area contributed by atoms with Crippen molar-refractivity contribution in [3.8, 4) is 0 Å². The molecule has 0 aromatic heterocycles. The van der Waals surface area contributed by atoms with Gasteiger partial charge in [0.2, 0.25) is 6.41 Å². The van der Waals surface area contributed by atoms with Crippen LogP contribution < -0.4 is 5.32 Å². The molecule has 1 fully saturated rings. The third-order valence-corrected chi connectivity index (χ3v) is 4.62. The summed E-state index contributed by atoms with van der Waals surface area (Å²) in [6.45, 7) is 5.27. The normalized spacial score (nSPS) is 19.4. The number of nitrogens with one attached hydrogen (secondary N) is 1. The van der Waals surface area contributed by atoms with E-state index in [0.717, 1.165) is 32.2 Å². The van der Waals surface area contributed by atoms with Gasteiger partial charge < -0.3 is 9.84 Å². The SMILES string of the molecule is CCCCCCCCCN[C@H](O)OC1(CC)CCCC1. The quantitative estimate of drug-likeness (QED) is 0.414. The Kier molecular flexibility index (Phi) is 9.49. The van der Waals surface area contributed by atoms with Crippen LogP contribution in [-0.2, 0) is 4.74 Å². The molecule has 0 radical (unpaired) electrons. The molecular weight excluding hydrogens is 250 g/mol. The predicted octanol–water partition coefficient (Wildman–Crippen LogP) is 4.34. The van der Waals surface area contributed by atoms with E-state index in [1.54, 1.807) is 0 Å². The number of hydrogen-bond acceptors (Lipinski definition) is 3. The summed E-state index contributed by atoms with van der Waals surface area (Å²) in [6, 6.07) is 0. The highest BCUT2D eigenvalue weighted by atomic mass is 16.6. The summed E-state index contributed by atoms with van der Waals surface area (Å²) in [5, 5.41) is 13.0. The molecule has 1 aliphatic rings. The zero-order valence-electron chi connectivity index (χ0n) is 13.6. The first-order valence-electron chi connectivity index (χ1n) is 8.82. The van der Waals surface area contributed by atoms with Crippen molar-refractivity contribution in [2.75, 3.05) is 6.54 Å². The summed E-state index contributed by atoms with van der Waals surface area (Å²) in [4.78, 5) is 0. The van der Waals surface area contributed by atoms with Gasteiger partial charge in [-0.05, 0) is 32.2 Å². The number of unbranched alkanes of at least 4 members (excludes halogenated alkanes) is 6. The van der Waals surface area contributed by atoms with E-state index in [4.69, 9.17) is 4.74 Å². The number of hydrogen-bond donors (Lipinski definition) is 2. The van der Waals surface area contributed by atoms with Crippen molar-refractivity contribution < 1.29 is 9.84 Å². The second-order valence-corrected chi connectivity index (χ2v) is 6.29. The Hall–Kier alpha value is -0.120. The van der Waals surface area contributed by atoms with Gasteiger partial charge in [-0.3, -0.25) is 5.32 Å². The first-order chi connectivity index (χ1) is 9.72. The summed E-state index contributed by atoms with van der Waals surface area (Å²) < 4.78 is 5.85. The summed E-state index contributed by atoms with van der Waals surface area (Å²) in [6.07, 6.45) is 14.0. The molecule has 1 aliphatic carbocycles. The lowest BCUT2D eigenvalue weighted by Crippen LogP contribution is -2.41. The first kappa shape index (κ1) is 17.9. The third-order valence-electron chi connectivity index (χ3n) is 4.62. The van der Waals surface area contributed by atoms with Gasteiger partial charge in [0.15, 0.2) is 0 Å². The van der Waals surface area contributed by atoms with E-state index in [-0.39, 0.29) is 5.60 Å². The van der Waals surface area contributed by atoms with E-state index in [9.17, 15) is 5.11 Å². The zero-order valence-corrected chi connectivity index (χ0v) is 13.6. The smallest absolute Gasteiger partial charge is 0.214 e. The second kappa shape index (κ2) is 10.6. The molecule has 2 N–H and O–H groups in total. The van der Waals surface area contributed by atoms with Gasteiger partial charge >= 0.3 is 0 Å². The van der Waals surface area contributed by atoms with Crippen LogP contribution in [0.4, 0.5) is 0 Å². The van der Waals surface area contributed by atoms with Gasteiger partial charge in [0.05, 0.1) is 5.60 Å². The maximum Gasteiger partial charge on any atom is 0.214 e. The zero-order chi connectivity index (χ0) is 14.7. The average molecular weight is 285 g/mol. The average Bonchev–Trinajstić information content (AvgIpc) is 2.91. The number of ether oxygens (including phenoxy) is 1. The van der Waals surface area contributed by atoms with E-state index in [1.807, 2.05) is 0 Å². The topological polar surface area (TPSA) is 41.5 Å². The highest BCUT2D eigenvalue weighted by Gasteiger charge is 2.34. The van der Waals surface area contributed by atoms with Crippen LogP contribution >= 0.6 is 0 Å². The maximum absolute atomic E-state index is 9.95. The van der Waals surface area contributed by atoms with Gasteiger partial charge in [-0.1, -0.05) is 65.2 Å². The fourth-order valence-electron chi connectivity index (χ4n) is 3.16. The van der Waals surface area contributed by atoms with Crippen molar-refractivity contribution in [3.05, 3.63) is 0 Å². The van der Waals surface area contributed by atoms with E-state index < -0.39 is 6.41 Å². The van der Waals surface area contributed by atoms with Crippen LogP contribution in [0.3, 0.4) is 0 Å². The fourth-order valence-corrected chi connectivity index (χ4v) is 3.16. The van der Waals surface area contributed by atoms with Gasteiger partial charge in [0, 0.05) is 0 Å². The molecule has 1 rings (SSSR count). The lowest BCUT2D eigenvalue weighted by molar-refractivity contribution is -0.199. The van der Waals surface area contributed by atoms with Crippen LogP contribution in [-0.4, -0.2) is 23.7 Å². The largest absolute Gasteiger partial charge is 0.356 e. The molecule has 3 heteroatoms. The fraction of sp³-hybridized carbons (Fsp3) is 1.00. The highest BCUT2D eigenvalue weighted by Crippen LogP contribution is 2.36. The molecule has 0 heterocycles. The predicted molar refractivity (Wildman–Crippen MR) is 84.6 cm³/mol. The van der Waals surface area contributed by atoms with Gasteiger partial charge in [0.25, 0.3) is 0 Å². The van der Waals surface area contributed by atoms with Crippen molar-refractivity contribution in [1.82, 2.24) is 5.32 Å². The van der Waals surface area contributed by atoms with Crippen molar-refractivity contribution in [2.45, 2.75) is 103 Å². The molecule has 0 amide bonds. The Bertz CT molecular complexity index is 227. The number of aliphatic hydroxyl groups is 1. The van der Waals surface area contributed by atoms with E-state index >= 15 is 0 Å². The van der Waals surface area contributed by atoms with E-state index in [1.165, 1.54) is 51.4 Å². The Morgan fingerprint density at radius 3 is 2.20 bits per heavy atom. The van der Waals surface area contributed by atoms with Crippen molar-refractivity contribution >= 4 is 0 Å². The minimum Gasteiger partial charge on any atom is -0.356 e. The van der Waals surface area contributed by atoms with Gasteiger partial charge in [-0.25, -0.2) is 0 Å². The Labute approximate surface area is 125 Å². The summed E-state index contributed by atoms with van der Waals surface area (Å²) in [5.74, 6) is 0. The molecule has 3 nitrogen and oxygen atoms in total. The van der Waals surface area contributed by atoms with Crippen molar-refractivity contribution in [1.29, 1.82) is 0 Å². The minimum absolute atomic E-state index is 0.0629. The molecule has 0 aromatic rings. The lowest BCUT2D eigenvalue weighted by Gasteiger charge is -2.31. The second-order valence-electron chi connectivity index (χ2n) is 6.29. The highest BCUT2D eigenvalue weighted by molar-refractivity contribution is 4.85. The summed E-state index contributed by atoms with van der Waals surface area (Å²) in [5.41, 5.74) is -0.0629. The van der Waals surface area contributed by atoms with Crippen molar-refractivity contribution in [2.24, 2.45) is 0 Å².